The van der Waals surface area contributed by atoms with Crippen LogP contribution < -0.4 is 4.74 Å². The molecule has 0 unspecified atom stereocenters. The highest BCUT2D eigenvalue weighted by Crippen LogP contribution is 2.47. The summed E-state index contributed by atoms with van der Waals surface area (Å²) < 4.78 is 5.72. The van der Waals surface area contributed by atoms with Crippen LogP contribution in [0.5, 0.6) is 5.75 Å². The Balaban J connectivity index is 1.56. The molecule has 3 heteroatoms. The first-order chi connectivity index (χ1) is 14.3. The maximum absolute atomic E-state index is 13.1. The molecule has 0 radical (unpaired) electrons. The van der Waals surface area contributed by atoms with Crippen molar-refractivity contribution in [1.82, 2.24) is 4.90 Å². The van der Waals surface area contributed by atoms with Crippen molar-refractivity contribution in [1.29, 1.82) is 0 Å². The minimum Gasteiger partial charge on any atom is -0.410 e. The minimum atomic E-state index is -0.246. The van der Waals surface area contributed by atoms with Gasteiger partial charge in [0.05, 0.1) is 6.04 Å². The molecule has 2 atom stereocenters. The minimum absolute atomic E-state index is 0.0440. The molecule has 0 aliphatic carbocycles. The van der Waals surface area contributed by atoms with Gasteiger partial charge in [-0.25, -0.2) is 4.79 Å². The molecule has 1 saturated heterocycles. The number of fused-ring (bicyclic) bond motifs is 2. The lowest BCUT2D eigenvalue weighted by Crippen LogP contribution is -2.46. The predicted octanol–water partition coefficient (Wildman–Crippen LogP) is 6.03. The molecule has 3 nitrogen and oxygen atoms in total. The third kappa shape index (κ3) is 3.33. The molecule has 0 N–H and O–H groups in total. The maximum atomic E-state index is 13.1. The van der Waals surface area contributed by atoms with Gasteiger partial charge in [-0.1, -0.05) is 78.9 Å². The summed E-state index contributed by atoms with van der Waals surface area (Å²) in [7, 11) is 0. The van der Waals surface area contributed by atoms with E-state index >= 15 is 0 Å². The highest BCUT2D eigenvalue weighted by Gasteiger charge is 2.45. The van der Waals surface area contributed by atoms with Crippen molar-refractivity contribution in [3.05, 3.63) is 102 Å². The zero-order valence-electron chi connectivity index (χ0n) is 16.2. The standard InChI is InChI=1S/C26H23NO2/c28-26(29-22-14-8-3-9-15-22)27-21-16-17-24(27)25(20-12-6-2-7-13-20)23(18-21)19-10-4-1-5-11-19/h1-15,21,24H,16-18H2/t21-,24+/m0/s1. The first-order valence-corrected chi connectivity index (χ1v) is 10.2. The quantitative estimate of drug-likeness (QED) is 0.554. The van der Waals surface area contributed by atoms with Gasteiger partial charge in [0.1, 0.15) is 5.75 Å². The Hall–Kier alpha value is -3.33. The molecule has 0 aromatic heterocycles. The van der Waals surface area contributed by atoms with E-state index in [0.29, 0.717) is 5.75 Å². The normalized spacial score (nSPS) is 20.6. The molecule has 3 aromatic carbocycles. The summed E-state index contributed by atoms with van der Waals surface area (Å²) >= 11 is 0. The van der Waals surface area contributed by atoms with Crippen LogP contribution in [0.3, 0.4) is 0 Å². The van der Waals surface area contributed by atoms with E-state index in [1.807, 2.05) is 47.4 Å². The summed E-state index contributed by atoms with van der Waals surface area (Å²) in [6, 6.07) is 30.6. The first kappa shape index (κ1) is 17.7. The van der Waals surface area contributed by atoms with Crippen LogP contribution in [0.25, 0.3) is 11.1 Å². The fraction of sp³-hybridized carbons (Fsp3) is 0.192. The summed E-state index contributed by atoms with van der Waals surface area (Å²) in [6.45, 7) is 0. The summed E-state index contributed by atoms with van der Waals surface area (Å²) in [6.07, 6.45) is 2.58. The highest BCUT2D eigenvalue weighted by molar-refractivity contribution is 5.96. The number of amides is 1. The lowest BCUT2D eigenvalue weighted by atomic mass is 9.85. The second-order valence-electron chi connectivity index (χ2n) is 7.66. The van der Waals surface area contributed by atoms with E-state index in [4.69, 9.17) is 4.74 Å². The van der Waals surface area contributed by atoms with Crippen molar-refractivity contribution >= 4 is 17.2 Å². The van der Waals surface area contributed by atoms with Crippen molar-refractivity contribution in [2.24, 2.45) is 0 Å². The Bertz CT molecular complexity index is 1030. The lowest BCUT2D eigenvalue weighted by Gasteiger charge is -2.37. The van der Waals surface area contributed by atoms with Crippen LogP contribution in [0.2, 0.25) is 0 Å². The number of para-hydroxylation sites is 1. The van der Waals surface area contributed by atoms with Gasteiger partial charge in [0.2, 0.25) is 0 Å². The Labute approximate surface area is 171 Å². The summed E-state index contributed by atoms with van der Waals surface area (Å²) in [5, 5.41) is 0. The molecule has 3 aromatic rings. The van der Waals surface area contributed by atoms with Crippen LogP contribution in [0.1, 0.15) is 30.4 Å². The van der Waals surface area contributed by atoms with Gasteiger partial charge < -0.3 is 4.74 Å². The lowest BCUT2D eigenvalue weighted by molar-refractivity contribution is 0.137. The number of benzene rings is 3. The van der Waals surface area contributed by atoms with Crippen LogP contribution >= 0.6 is 0 Å². The van der Waals surface area contributed by atoms with Crippen LogP contribution in [-0.2, 0) is 0 Å². The topological polar surface area (TPSA) is 29.5 Å². The van der Waals surface area contributed by atoms with Gasteiger partial charge in [-0.05, 0) is 53.7 Å². The molecule has 5 rings (SSSR count). The van der Waals surface area contributed by atoms with Gasteiger partial charge >= 0.3 is 6.09 Å². The van der Waals surface area contributed by atoms with Crippen molar-refractivity contribution in [3.63, 3.8) is 0 Å². The zero-order chi connectivity index (χ0) is 19.6. The van der Waals surface area contributed by atoms with Crippen LogP contribution in [0.15, 0.2) is 91.0 Å². The number of carbonyl (C=O) groups excluding carboxylic acids is 1. The number of rotatable bonds is 3. The number of carbonyl (C=O) groups is 1. The molecular formula is C26H23NO2. The molecule has 2 aliphatic rings. The van der Waals surface area contributed by atoms with Crippen LogP contribution in [0, 0.1) is 0 Å². The number of hydrogen-bond donors (Lipinski definition) is 0. The van der Waals surface area contributed by atoms with E-state index in [0.717, 1.165) is 19.3 Å². The van der Waals surface area contributed by atoms with Crippen molar-refractivity contribution < 1.29 is 9.53 Å². The molecule has 2 heterocycles. The zero-order valence-corrected chi connectivity index (χ0v) is 16.2. The van der Waals surface area contributed by atoms with Gasteiger partial charge in [0.25, 0.3) is 0 Å². The van der Waals surface area contributed by atoms with Gasteiger partial charge in [-0.2, -0.15) is 0 Å². The molecular weight excluding hydrogens is 358 g/mol. The van der Waals surface area contributed by atoms with Crippen molar-refractivity contribution in [2.75, 3.05) is 0 Å². The molecule has 1 amide bonds. The summed E-state index contributed by atoms with van der Waals surface area (Å²) in [5.74, 6) is 0.594. The third-order valence-electron chi connectivity index (χ3n) is 5.97. The molecule has 144 valence electrons. The molecule has 1 fully saturated rings. The Morgan fingerprint density at radius 2 is 1.34 bits per heavy atom. The molecule has 2 aliphatic heterocycles. The van der Waals surface area contributed by atoms with Gasteiger partial charge in [0.15, 0.2) is 0 Å². The largest absolute Gasteiger partial charge is 0.416 e. The first-order valence-electron chi connectivity index (χ1n) is 10.2. The van der Waals surface area contributed by atoms with Crippen LogP contribution in [0.4, 0.5) is 4.79 Å². The van der Waals surface area contributed by atoms with Gasteiger partial charge in [-0.15, -0.1) is 0 Å². The van der Waals surface area contributed by atoms with Gasteiger partial charge in [-0.3, -0.25) is 4.90 Å². The second kappa shape index (κ2) is 7.59. The third-order valence-corrected chi connectivity index (χ3v) is 5.97. The number of hydrogen-bond acceptors (Lipinski definition) is 2. The summed E-state index contributed by atoms with van der Waals surface area (Å²) in [5.41, 5.74) is 5.05. The highest BCUT2D eigenvalue weighted by atomic mass is 16.6. The average Bonchev–Trinajstić information content (AvgIpc) is 3.09. The van der Waals surface area contributed by atoms with Crippen LogP contribution in [-0.4, -0.2) is 23.1 Å². The fourth-order valence-corrected chi connectivity index (χ4v) is 4.73. The smallest absolute Gasteiger partial charge is 0.410 e. The summed E-state index contributed by atoms with van der Waals surface area (Å²) in [4.78, 5) is 15.1. The average molecular weight is 381 g/mol. The maximum Gasteiger partial charge on any atom is 0.416 e. The molecule has 29 heavy (non-hydrogen) atoms. The van der Waals surface area contributed by atoms with E-state index in [9.17, 15) is 4.79 Å². The van der Waals surface area contributed by atoms with E-state index in [-0.39, 0.29) is 18.2 Å². The van der Waals surface area contributed by atoms with Gasteiger partial charge in [0, 0.05) is 6.04 Å². The Kier molecular flexibility index (Phi) is 4.65. The van der Waals surface area contributed by atoms with E-state index < -0.39 is 0 Å². The van der Waals surface area contributed by atoms with Crippen molar-refractivity contribution in [3.8, 4) is 5.75 Å². The van der Waals surface area contributed by atoms with E-state index in [1.54, 1.807) is 0 Å². The monoisotopic (exact) mass is 381 g/mol. The molecule has 2 bridgehead atoms. The molecule has 0 saturated carbocycles. The van der Waals surface area contributed by atoms with E-state index in [2.05, 4.69) is 48.5 Å². The Morgan fingerprint density at radius 3 is 2.00 bits per heavy atom. The second-order valence-corrected chi connectivity index (χ2v) is 7.66. The fourth-order valence-electron chi connectivity index (χ4n) is 4.73. The molecule has 0 spiro atoms. The SMILES string of the molecule is O=C(Oc1ccccc1)N1[C@H]2CC[C@@H]1C(c1ccccc1)=C(c1ccccc1)C2. The Morgan fingerprint density at radius 1 is 0.759 bits per heavy atom. The number of ether oxygens (including phenoxy) is 1. The van der Waals surface area contributed by atoms with E-state index in [1.165, 1.54) is 22.3 Å². The van der Waals surface area contributed by atoms with Crippen molar-refractivity contribution in [2.45, 2.75) is 31.3 Å². The predicted molar refractivity (Wildman–Crippen MR) is 115 cm³/mol. The number of nitrogens with zero attached hydrogens (tertiary/aromatic N) is 1.